The fourth-order valence-electron chi connectivity index (χ4n) is 1.44. The molecule has 0 aliphatic heterocycles. The van der Waals surface area contributed by atoms with Crippen molar-refractivity contribution in [2.24, 2.45) is 5.73 Å². The van der Waals surface area contributed by atoms with Gasteiger partial charge in [0.25, 0.3) is 0 Å². The van der Waals surface area contributed by atoms with Crippen molar-refractivity contribution in [3.05, 3.63) is 29.3 Å². The van der Waals surface area contributed by atoms with E-state index >= 15 is 0 Å². The maximum Gasteiger partial charge on any atom is 0.236 e. The van der Waals surface area contributed by atoms with E-state index in [0.29, 0.717) is 13.2 Å². The van der Waals surface area contributed by atoms with E-state index in [4.69, 9.17) is 10.5 Å². The fourth-order valence-corrected chi connectivity index (χ4v) is 1.44. The average molecular weight is 273 g/mol. The number of halogens is 1. The zero-order valence-electron chi connectivity index (χ0n) is 11.0. The van der Waals surface area contributed by atoms with Crippen LogP contribution in [0.4, 0.5) is 0 Å². The second kappa shape index (κ2) is 7.95. The van der Waals surface area contributed by atoms with Crippen molar-refractivity contribution in [2.45, 2.75) is 33.4 Å². The number of carbonyl (C=O) groups is 1. The van der Waals surface area contributed by atoms with Crippen molar-refractivity contribution in [1.29, 1.82) is 0 Å². The molecule has 4 nitrogen and oxygen atoms in total. The van der Waals surface area contributed by atoms with E-state index in [-0.39, 0.29) is 18.3 Å². The van der Waals surface area contributed by atoms with Gasteiger partial charge in [-0.25, -0.2) is 0 Å². The summed E-state index contributed by atoms with van der Waals surface area (Å²) in [6, 6.07) is 5.44. The Kier molecular flexibility index (Phi) is 7.39. The van der Waals surface area contributed by atoms with E-state index in [2.05, 4.69) is 5.32 Å². The largest absolute Gasteiger partial charge is 0.494 e. The lowest BCUT2D eigenvalue weighted by atomic mass is 10.1. The number of rotatable bonds is 5. The summed E-state index contributed by atoms with van der Waals surface area (Å²) in [7, 11) is 0. The minimum absolute atomic E-state index is 0. The Bertz CT molecular complexity index is 395. The highest BCUT2D eigenvalue weighted by atomic mass is 35.5. The van der Waals surface area contributed by atoms with Crippen LogP contribution in [0, 0.1) is 6.92 Å². The molecule has 0 saturated carbocycles. The van der Waals surface area contributed by atoms with Gasteiger partial charge in [-0.05, 0) is 32.4 Å². The minimum Gasteiger partial charge on any atom is -0.494 e. The van der Waals surface area contributed by atoms with Crippen molar-refractivity contribution < 1.29 is 9.53 Å². The molecule has 3 N–H and O–H groups in total. The first-order valence-corrected chi connectivity index (χ1v) is 5.80. The molecule has 0 aliphatic carbocycles. The number of aryl methyl sites for hydroxylation is 1. The van der Waals surface area contributed by atoms with E-state index in [1.165, 1.54) is 0 Å². The predicted molar refractivity (Wildman–Crippen MR) is 75.1 cm³/mol. The summed E-state index contributed by atoms with van der Waals surface area (Å²) in [5.41, 5.74) is 7.58. The minimum atomic E-state index is -0.490. The van der Waals surface area contributed by atoms with Crippen LogP contribution in [0.2, 0.25) is 0 Å². The highest BCUT2D eigenvalue weighted by Gasteiger charge is 2.09. The molecule has 0 fully saturated rings. The number of nitrogens with two attached hydrogens (primary N) is 1. The molecule has 0 radical (unpaired) electrons. The van der Waals surface area contributed by atoms with Crippen molar-refractivity contribution in [1.82, 2.24) is 5.32 Å². The first-order chi connectivity index (χ1) is 8.04. The van der Waals surface area contributed by atoms with Crippen molar-refractivity contribution >= 4 is 18.3 Å². The second-order valence-corrected chi connectivity index (χ2v) is 4.05. The molecular weight excluding hydrogens is 252 g/mol. The monoisotopic (exact) mass is 272 g/mol. The smallest absolute Gasteiger partial charge is 0.236 e. The van der Waals surface area contributed by atoms with Crippen LogP contribution >= 0.6 is 12.4 Å². The molecule has 1 aromatic carbocycles. The van der Waals surface area contributed by atoms with Gasteiger partial charge in [-0.1, -0.05) is 12.1 Å². The Balaban J connectivity index is 0.00000289. The number of hydrogen-bond donors (Lipinski definition) is 2. The second-order valence-electron chi connectivity index (χ2n) is 4.05. The van der Waals surface area contributed by atoms with Crippen LogP contribution in [0.1, 0.15) is 25.0 Å². The SMILES string of the molecule is CCOc1cc(C)ccc1CNC(=O)[C@@H](C)N.Cl. The molecule has 1 aromatic rings. The molecular formula is C13H21ClN2O2. The van der Waals surface area contributed by atoms with Crippen LogP contribution in [0.25, 0.3) is 0 Å². The number of carbonyl (C=O) groups excluding carboxylic acids is 1. The molecule has 1 atom stereocenters. The first kappa shape index (κ1) is 16.7. The summed E-state index contributed by atoms with van der Waals surface area (Å²) in [4.78, 5) is 11.4. The molecule has 0 aromatic heterocycles. The van der Waals surface area contributed by atoms with E-state index in [1.54, 1.807) is 6.92 Å². The van der Waals surface area contributed by atoms with Crippen molar-refractivity contribution in [3.8, 4) is 5.75 Å². The van der Waals surface area contributed by atoms with Gasteiger partial charge >= 0.3 is 0 Å². The molecule has 1 amide bonds. The third kappa shape index (κ3) is 4.94. The van der Waals surface area contributed by atoms with E-state index in [9.17, 15) is 4.79 Å². The summed E-state index contributed by atoms with van der Waals surface area (Å²) < 4.78 is 5.53. The quantitative estimate of drug-likeness (QED) is 0.859. The number of hydrogen-bond acceptors (Lipinski definition) is 3. The average Bonchev–Trinajstić information content (AvgIpc) is 2.28. The maximum atomic E-state index is 11.4. The molecule has 0 saturated heterocycles. The summed E-state index contributed by atoms with van der Waals surface area (Å²) in [6.07, 6.45) is 0. The van der Waals surface area contributed by atoms with Gasteiger partial charge in [0, 0.05) is 12.1 Å². The number of benzene rings is 1. The summed E-state index contributed by atoms with van der Waals surface area (Å²) >= 11 is 0. The molecule has 0 spiro atoms. The molecule has 1 rings (SSSR count). The molecule has 0 bridgehead atoms. The zero-order chi connectivity index (χ0) is 12.8. The van der Waals surface area contributed by atoms with Gasteiger partial charge in [0.2, 0.25) is 5.91 Å². The lowest BCUT2D eigenvalue weighted by Gasteiger charge is -2.13. The standard InChI is InChI=1S/C13H20N2O2.ClH/c1-4-17-12-7-9(2)5-6-11(12)8-15-13(16)10(3)14;/h5-7,10H,4,8,14H2,1-3H3,(H,15,16);1H/t10-;/m1./s1. The highest BCUT2D eigenvalue weighted by molar-refractivity contribution is 5.85. The normalized spacial score (nSPS) is 11.3. The molecule has 18 heavy (non-hydrogen) atoms. The molecule has 0 aliphatic rings. The van der Waals surface area contributed by atoms with Gasteiger partial charge in [0.15, 0.2) is 0 Å². The topological polar surface area (TPSA) is 64.3 Å². The highest BCUT2D eigenvalue weighted by Crippen LogP contribution is 2.20. The fraction of sp³-hybridized carbons (Fsp3) is 0.462. The lowest BCUT2D eigenvalue weighted by molar-refractivity contribution is -0.122. The van der Waals surface area contributed by atoms with E-state index < -0.39 is 6.04 Å². The molecule has 0 heterocycles. The van der Waals surface area contributed by atoms with Crippen LogP contribution in [0.5, 0.6) is 5.75 Å². The van der Waals surface area contributed by atoms with Crippen LogP contribution in [0.3, 0.4) is 0 Å². The Morgan fingerprint density at radius 1 is 1.50 bits per heavy atom. The third-order valence-electron chi connectivity index (χ3n) is 2.39. The van der Waals surface area contributed by atoms with Gasteiger partial charge < -0.3 is 15.8 Å². The number of amides is 1. The van der Waals surface area contributed by atoms with Crippen LogP contribution in [0.15, 0.2) is 18.2 Å². The predicted octanol–water partition coefficient (Wildman–Crippen LogP) is 1.78. The molecule has 5 heteroatoms. The van der Waals surface area contributed by atoms with Gasteiger partial charge in [0.05, 0.1) is 12.6 Å². The number of ether oxygens (including phenoxy) is 1. The van der Waals surface area contributed by atoms with Gasteiger partial charge in [-0.15, -0.1) is 12.4 Å². The summed E-state index contributed by atoms with van der Waals surface area (Å²) in [6.45, 7) is 6.65. The Hall–Kier alpha value is -1.26. The Morgan fingerprint density at radius 3 is 2.72 bits per heavy atom. The maximum absolute atomic E-state index is 11.4. The first-order valence-electron chi connectivity index (χ1n) is 5.80. The molecule has 102 valence electrons. The van der Waals surface area contributed by atoms with Gasteiger partial charge in [-0.2, -0.15) is 0 Å². The van der Waals surface area contributed by atoms with Crippen molar-refractivity contribution in [2.75, 3.05) is 6.61 Å². The van der Waals surface area contributed by atoms with Crippen molar-refractivity contribution in [3.63, 3.8) is 0 Å². The Labute approximate surface area is 114 Å². The van der Waals surface area contributed by atoms with Crippen LogP contribution in [-0.4, -0.2) is 18.6 Å². The summed E-state index contributed by atoms with van der Waals surface area (Å²) in [5, 5.41) is 2.77. The summed E-state index contributed by atoms with van der Waals surface area (Å²) in [5.74, 6) is 0.658. The Morgan fingerprint density at radius 2 is 2.17 bits per heavy atom. The van der Waals surface area contributed by atoms with Gasteiger partial charge in [-0.3, -0.25) is 4.79 Å². The van der Waals surface area contributed by atoms with Crippen LogP contribution in [-0.2, 0) is 11.3 Å². The number of nitrogens with one attached hydrogen (secondary N) is 1. The lowest BCUT2D eigenvalue weighted by Crippen LogP contribution is -2.37. The van der Waals surface area contributed by atoms with E-state index in [0.717, 1.165) is 16.9 Å². The molecule has 0 unspecified atom stereocenters. The third-order valence-corrected chi connectivity index (χ3v) is 2.39. The zero-order valence-corrected chi connectivity index (χ0v) is 11.8. The van der Waals surface area contributed by atoms with Gasteiger partial charge in [0.1, 0.15) is 5.75 Å². The van der Waals surface area contributed by atoms with E-state index in [1.807, 2.05) is 32.0 Å². The van der Waals surface area contributed by atoms with Crippen LogP contribution < -0.4 is 15.8 Å².